The Balaban J connectivity index is 2.62. The topological polar surface area (TPSA) is 42.4 Å². The zero-order valence-electron chi connectivity index (χ0n) is 10.2. The van der Waals surface area contributed by atoms with Gasteiger partial charge in [0.1, 0.15) is 11.3 Å². The van der Waals surface area contributed by atoms with E-state index in [0.717, 1.165) is 22.2 Å². The molecule has 1 heterocycles. The molecule has 0 aliphatic heterocycles. The molecule has 1 unspecified atom stereocenters. The SMILES string of the molecule is CCOc1ccc(C(C)CO)c2cccnc12. The normalized spacial score (nSPS) is 12.6. The Hall–Kier alpha value is -1.61. The van der Waals surface area contributed by atoms with Gasteiger partial charge < -0.3 is 9.84 Å². The number of benzene rings is 1. The fraction of sp³-hybridized carbons (Fsp3) is 0.357. The smallest absolute Gasteiger partial charge is 0.145 e. The zero-order chi connectivity index (χ0) is 12.3. The lowest BCUT2D eigenvalue weighted by Crippen LogP contribution is -2.01. The van der Waals surface area contributed by atoms with Crippen molar-refractivity contribution in [1.29, 1.82) is 0 Å². The Morgan fingerprint density at radius 2 is 2.18 bits per heavy atom. The lowest BCUT2D eigenvalue weighted by molar-refractivity contribution is 0.273. The van der Waals surface area contributed by atoms with Crippen LogP contribution in [0.2, 0.25) is 0 Å². The minimum Gasteiger partial charge on any atom is -0.492 e. The lowest BCUT2D eigenvalue weighted by atomic mass is 9.97. The summed E-state index contributed by atoms with van der Waals surface area (Å²) < 4.78 is 5.56. The number of fused-ring (bicyclic) bond motifs is 1. The van der Waals surface area contributed by atoms with Crippen LogP contribution in [0, 0.1) is 0 Å². The predicted molar refractivity (Wildman–Crippen MR) is 68.4 cm³/mol. The van der Waals surface area contributed by atoms with Gasteiger partial charge in [-0.25, -0.2) is 0 Å². The fourth-order valence-electron chi connectivity index (χ4n) is 1.97. The lowest BCUT2D eigenvalue weighted by Gasteiger charge is -2.14. The summed E-state index contributed by atoms with van der Waals surface area (Å²) in [7, 11) is 0. The van der Waals surface area contributed by atoms with Crippen molar-refractivity contribution < 1.29 is 9.84 Å². The van der Waals surface area contributed by atoms with E-state index in [1.54, 1.807) is 6.20 Å². The molecule has 3 heteroatoms. The summed E-state index contributed by atoms with van der Waals surface area (Å²) in [5.41, 5.74) is 1.98. The predicted octanol–water partition coefficient (Wildman–Crippen LogP) is 2.73. The van der Waals surface area contributed by atoms with Crippen molar-refractivity contribution >= 4 is 10.9 Å². The number of rotatable bonds is 4. The summed E-state index contributed by atoms with van der Waals surface area (Å²) >= 11 is 0. The molecule has 1 atom stereocenters. The van der Waals surface area contributed by atoms with E-state index in [4.69, 9.17) is 4.74 Å². The van der Waals surface area contributed by atoms with E-state index in [0.29, 0.717) is 6.61 Å². The molecule has 2 aromatic rings. The highest BCUT2D eigenvalue weighted by Crippen LogP contribution is 2.30. The van der Waals surface area contributed by atoms with Crippen molar-refractivity contribution in [2.75, 3.05) is 13.2 Å². The molecular formula is C14H17NO2. The second-order valence-corrected chi connectivity index (χ2v) is 4.07. The van der Waals surface area contributed by atoms with Gasteiger partial charge in [0.15, 0.2) is 0 Å². The Morgan fingerprint density at radius 1 is 1.35 bits per heavy atom. The van der Waals surface area contributed by atoms with Gasteiger partial charge in [0.05, 0.1) is 6.61 Å². The maximum Gasteiger partial charge on any atom is 0.145 e. The molecule has 1 aromatic heterocycles. The minimum absolute atomic E-state index is 0.109. The number of hydrogen-bond acceptors (Lipinski definition) is 3. The van der Waals surface area contributed by atoms with Crippen LogP contribution in [0.25, 0.3) is 10.9 Å². The van der Waals surface area contributed by atoms with Crippen LogP contribution in [0.5, 0.6) is 5.75 Å². The Kier molecular flexibility index (Phi) is 3.59. The number of pyridine rings is 1. The third-order valence-corrected chi connectivity index (χ3v) is 2.87. The van der Waals surface area contributed by atoms with Gasteiger partial charge in [-0.2, -0.15) is 0 Å². The van der Waals surface area contributed by atoms with Crippen LogP contribution in [-0.4, -0.2) is 23.3 Å². The first-order chi connectivity index (χ1) is 8.27. The molecule has 2 rings (SSSR count). The molecule has 0 saturated heterocycles. The summed E-state index contributed by atoms with van der Waals surface area (Å²) in [6.07, 6.45) is 1.76. The van der Waals surface area contributed by atoms with Gasteiger partial charge in [-0.3, -0.25) is 4.98 Å². The van der Waals surface area contributed by atoms with Gasteiger partial charge in [0, 0.05) is 24.1 Å². The first-order valence-electron chi connectivity index (χ1n) is 5.89. The highest BCUT2D eigenvalue weighted by atomic mass is 16.5. The van der Waals surface area contributed by atoms with Crippen molar-refractivity contribution in [3.63, 3.8) is 0 Å². The highest BCUT2D eigenvalue weighted by molar-refractivity contribution is 5.87. The standard InChI is InChI=1S/C14H17NO2/c1-3-17-13-7-6-11(10(2)9-16)12-5-4-8-15-14(12)13/h4-8,10,16H,3,9H2,1-2H3. The summed E-state index contributed by atoms with van der Waals surface area (Å²) in [4.78, 5) is 4.37. The van der Waals surface area contributed by atoms with E-state index >= 15 is 0 Å². The van der Waals surface area contributed by atoms with Gasteiger partial charge in [-0.05, 0) is 24.6 Å². The van der Waals surface area contributed by atoms with Gasteiger partial charge in [-0.1, -0.05) is 19.1 Å². The second-order valence-electron chi connectivity index (χ2n) is 4.07. The molecule has 0 fully saturated rings. The highest BCUT2D eigenvalue weighted by Gasteiger charge is 2.12. The molecule has 0 saturated carbocycles. The second kappa shape index (κ2) is 5.15. The Morgan fingerprint density at radius 3 is 2.88 bits per heavy atom. The van der Waals surface area contributed by atoms with Crippen LogP contribution in [-0.2, 0) is 0 Å². The molecule has 17 heavy (non-hydrogen) atoms. The fourth-order valence-corrected chi connectivity index (χ4v) is 1.97. The van der Waals surface area contributed by atoms with Gasteiger partial charge in [0.25, 0.3) is 0 Å². The molecule has 0 aliphatic carbocycles. The number of aromatic nitrogens is 1. The van der Waals surface area contributed by atoms with Crippen LogP contribution in [0.1, 0.15) is 25.3 Å². The van der Waals surface area contributed by atoms with Crippen LogP contribution in [0.4, 0.5) is 0 Å². The van der Waals surface area contributed by atoms with Crippen molar-refractivity contribution in [3.05, 3.63) is 36.0 Å². The average molecular weight is 231 g/mol. The van der Waals surface area contributed by atoms with Crippen LogP contribution >= 0.6 is 0 Å². The van der Waals surface area contributed by atoms with Gasteiger partial charge in [-0.15, -0.1) is 0 Å². The summed E-state index contributed by atoms with van der Waals surface area (Å²) in [5.74, 6) is 0.911. The summed E-state index contributed by atoms with van der Waals surface area (Å²) in [6, 6.07) is 7.87. The molecule has 1 N–H and O–H groups in total. The number of aliphatic hydroxyl groups is 1. The molecule has 0 radical (unpaired) electrons. The summed E-state index contributed by atoms with van der Waals surface area (Å²) in [6.45, 7) is 4.72. The molecule has 90 valence electrons. The Labute approximate surface area is 101 Å². The first kappa shape index (κ1) is 11.9. The largest absolute Gasteiger partial charge is 0.492 e. The minimum atomic E-state index is 0.109. The number of aliphatic hydroxyl groups excluding tert-OH is 1. The molecular weight excluding hydrogens is 214 g/mol. The monoisotopic (exact) mass is 231 g/mol. The zero-order valence-corrected chi connectivity index (χ0v) is 10.2. The van der Waals surface area contributed by atoms with Crippen molar-refractivity contribution in [1.82, 2.24) is 4.98 Å². The molecule has 3 nitrogen and oxygen atoms in total. The molecule has 0 aliphatic rings. The molecule has 0 amide bonds. The Bertz CT molecular complexity index is 511. The van der Waals surface area contributed by atoms with Crippen molar-refractivity contribution in [3.8, 4) is 5.75 Å². The van der Waals surface area contributed by atoms with E-state index in [2.05, 4.69) is 4.98 Å². The number of hydrogen-bond donors (Lipinski definition) is 1. The number of ether oxygens (including phenoxy) is 1. The summed E-state index contributed by atoms with van der Waals surface area (Å²) in [5, 5.41) is 10.3. The van der Waals surface area contributed by atoms with Crippen LogP contribution in [0.3, 0.4) is 0 Å². The van der Waals surface area contributed by atoms with Crippen LogP contribution in [0.15, 0.2) is 30.5 Å². The third-order valence-electron chi connectivity index (χ3n) is 2.87. The maximum atomic E-state index is 9.27. The maximum absolute atomic E-state index is 9.27. The van der Waals surface area contributed by atoms with Crippen LogP contribution < -0.4 is 4.74 Å². The van der Waals surface area contributed by atoms with E-state index in [1.807, 2.05) is 38.1 Å². The third kappa shape index (κ3) is 2.24. The van der Waals surface area contributed by atoms with Crippen molar-refractivity contribution in [2.24, 2.45) is 0 Å². The van der Waals surface area contributed by atoms with Gasteiger partial charge >= 0.3 is 0 Å². The van der Waals surface area contributed by atoms with E-state index < -0.39 is 0 Å². The first-order valence-corrected chi connectivity index (χ1v) is 5.89. The van der Waals surface area contributed by atoms with Crippen molar-refractivity contribution in [2.45, 2.75) is 19.8 Å². The van der Waals surface area contributed by atoms with E-state index in [-0.39, 0.29) is 12.5 Å². The number of nitrogens with zero attached hydrogens (tertiary/aromatic N) is 1. The van der Waals surface area contributed by atoms with E-state index in [1.165, 1.54) is 0 Å². The molecule has 0 spiro atoms. The quantitative estimate of drug-likeness (QED) is 0.879. The van der Waals surface area contributed by atoms with E-state index in [9.17, 15) is 5.11 Å². The van der Waals surface area contributed by atoms with Gasteiger partial charge in [0.2, 0.25) is 0 Å². The molecule has 1 aromatic carbocycles. The average Bonchev–Trinajstić information content (AvgIpc) is 2.38. The molecule has 0 bridgehead atoms.